The van der Waals surface area contributed by atoms with Crippen molar-refractivity contribution in [2.75, 3.05) is 0 Å². The van der Waals surface area contributed by atoms with E-state index in [1.165, 1.54) is 11.1 Å². The molecule has 0 radical (unpaired) electrons. The molecular formula is C27H43NO4. The van der Waals surface area contributed by atoms with Crippen molar-refractivity contribution in [3.63, 3.8) is 0 Å². The van der Waals surface area contributed by atoms with E-state index in [9.17, 15) is 20.1 Å². The summed E-state index contributed by atoms with van der Waals surface area (Å²) in [6, 6.07) is -0.300. The van der Waals surface area contributed by atoms with Crippen LogP contribution in [0.25, 0.3) is 0 Å². The van der Waals surface area contributed by atoms with Gasteiger partial charge in [0.2, 0.25) is 5.91 Å². The maximum absolute atomic E-state index is 13.1. The van der Waals surface area contributed by atoms with Gasteiger partial charge in [0.25, 0.3) is 0 Å². The summed E-state index contributed by atoms with van der Waals surface area (Å²) in [7, 11) is 0. The molecule has 3 saturated carbocycles. The van der Waals surface area contributed by atoms with Crippen molar-refractivity contribution < 1.29 is 20.1 Å². The molecule has 4 aliphatic rings. The van der Waals surface area contributed by atoms with Gasteiger partial charge in [0.15, 0.2) is 0 Å². The average molecular weight is 446 g/mol. The molecule has 0 aromatic rings. The topological polar surface area (TPSA) is 89.8 Å². The Labute approximate surface area is 193 Å². The molecular weight excluding hydrogens is 402 g/mol. The van der Waals surface area contributed by atoms with Crippen LogP contribution in [0.5, 0.6) is 0 Å². The average Bonchev–Trinajstić information content (AvgIpc) is 3.05. The summed E-state index contributed by atoms with van der Waals surface area (Å²) < 4.78 is 0. The number of carbonyl (C=O) groups is 1. The summed E-state index contributed by atoms with van der Waals surface area (Å²) in [6.07, 6.45) is 8.82. The van der Waals surface area contributed by atoms with E-state index in [-0.39, 0.29) is 28.7 Å². The summed E-state index contributed by atoms with van der Waals surface area (Å²) in [6.45, 7) is 12.0. The highest BCUT2D eigenvalue weighted by Crippen LogP contribution is 2.65. The third-order valence-corrected chi connectivity index (χ3v) is 10.2. The minimum absolute atomic E-state index is 0.0390. The normalized spacial score (nSPS) is 43.2. The van der Waals surface area contributed by atoms with E-state index in [2.05, 4.69) is 38.2 Å². The van der Waals surface area contributed by atoms with E-state index in [4.69, 9.17) is 0 Å². The predicted molar refractivity (Wildman–Crippen MR) is 126 cm³/mol. The number of allylic oxidation sites excluding steroid dienone is 3. The van der Waals surface area contributed by atoms with Crippen molar-refractivity contribution in [2.45, 2.75) is 104 Å². The molecule has 0 saturated heterocycles. The Kier molecular flexibility index (Phi) is 5.96. The number of hydrogen-bond donors (Lipinski definition) is 4. The van der Waals surface area contributed by atoms with Crippen LogP contribution in [0.15, 0.2) is 23.3 Å². The Bertz CT molecular complexity index is 826. The van der Waals surface area contributed by atoms with Crippen molar-refractivity contribution in [2.24, 2.45) is 34.5 Å². The zero-order chi connectivity index (χ0) is 23.6. The molecule has 180 valence electrons. The first kappa shape index (κ1) is 24.0. The Morgan fingerprint density at radius 1 is 1.12 bits per heavy atom. The third kappa shape index (κ3) is 3.59. The fourth-order valence-electron chi connectivity index (χ4n) is 7.61. The van der Waals surface area contributed by atoms with E-state index in [1.807, 2.05) is 6.92 Å². The van der Waals surface area contributed by atoms with Gasteiger partial charge in [0, 0.05) is 17.8 Å². The zero-order valence-electron chi connectivity index (χ0n) is 20.7. The molecule has 0 aromatic heterocycles. The summed E-state index contributed by atoms with van der Waals surface area (Å²) in [4.78, 5) is 13.1. The number of fused-ring (bicyclic) bond motifs is 5. The number of carbonyl (C=O) groups excluding carboxylic acids is 1. The lowest BCUT2D eigenvalue weighted by molar-refractivity contribution is -0.130. The molecule has 4 rings (SSSR count). The first-order chi connectivity index (χ1) is 14.8. The molecule has 0 aliphatic heterocycles. The van der Waals surface area contributed by atoms with Crippen molar-refractivity contribution in [3.8, 4) is 0 Å². The van der Waals surface area contributed by atoms with Crippen LogP contribution in [-0.2, 0) is 4.79 Å². The van der Waals surface area contributed by atoms with Crippen LogP contribution in [0, 0.1) is 34.5 Å². The summed E-state index contributed by atoms with van der Waals surface area (Å²) >= 11 is 0. The molecule has 4 aliphatic carbocycles. The monoisotopic (exact) mass is 445 g/mol. The van der Waals surface area contributed by atoms with Gasteiger partial charge in [-0.3, -0.25) is 4.79 Å². The van der Waals surface area contributed by atoms with Crippen LogP contribution >= 0.6 is 0 Å². The number of rotatable bonds is 4. The van der Waals surface area contributed by atoms with E-state index < -0.39 is 17.8 Å². The van der Waals surface area contributed by atoms with Gasteiger partial charge in [0.05, 0.1) is 23.9 Å². The summed E-state index contributed by atoms with van der Waals surface area (Å²) in [5, 5.41) is 34.5. The SMILES string of the molecule is C[C@H](C(=O)N[C@H](C)C(C)(C)O)[C@H]1CC[C@H]2C3=CC=C4C[C@@H](O)C[C@H](O)[C@]4(C)[C@H]3CC[C@]12C. The lowest BCUT2D eigenvalue weighted by Gasteiger charge is -2.56. The molecule has 1 amide bonds. The molecule has 0 spiro atoms. The molecule has 9 atom stereocenters. The van der Waals surface area contributed by atoms with E-state index in [0.29, 0.717) is 30.6 Å². The second kappa shape index (κ2) is 7.95. The Morgan fingerprint density at radius 2 is 1.81 bits per heavy atom. The van der Waals surface area contributed by atoms with Gasteiger partial charge >= 0.3 is 0 Å². The Hall–Kier alpha value is -1.17. The van der Waals surface area contributed by atoms with Crippen LogP contribution in [-0.4, -0.2) is 45.1 Å². The zero-order valence-corrected chi connectivity index (χ0v) is 20.7. The van der Waals surface area contributed by atoms with Crippen molar-refractivity contribution in [1.82, 2.24) is 5.32 Å². The standard InChI is InChI=1S/C27H43NO4/c1-15(24(31)28-16(2)25(3,4)32)20-9-10-21-19-8-7-17-13-18(29)14-23(30)27(17,6)22(19)11-12-26(20,21)5/h7-8,15-16,18,20-23,29-30,32H,9-14H2,1-6H3,(H,28,31)/t15-,16+,18+,20+,21-,22-,23-,26+,27-/m0/s1. The Morgan fingerprint density at radius 3 is 2.47 bits per heavy atom. The largest absolute Gasteiger partial charge is 0.393 e. The predicted octanol–water partition coefficient (Wildman–Crippen LogP) is 3.73. The first-order valence-corrected chi connectivity index (χ1v) is 12.6. The minimum atomic E-state index is -0.948. The van der Waals surface area contributed by atoms with Crippen molar-refractivity contribution in [3.05, 3.63) is 23.3 Å². The van der Waals surface area contributed by atoms with Crippen LogP contribution < -0.4 is 5.32 Å². The van der Waals surface area contributed by atoms with Gasteiger partial charge in [-0.2, -0.15) is 0 Å². The number of aliphatic hydroxyl groups excluding tert-OH is 2. The van der Waals surface area contributed by atoms with Crippen LogP contribution in [0.2, 0.25) is 0 Å². The molecule has 5 heteroatoms. The van der Waals surface area contributed by atoms with E-state index in [0.717, 1.165) is 25.7 Å². The van der Waals surface area contributed by atoms with Crippen molar-refractivity contribution >= 4 is 5.91 Å². The number of amides is 1. The number of aliphatic hydroxyl groups is 3. The van der Waals surface area contributed by atoms with Gasteiger partial charge in [0.1, 0.15) is 0 Å². The van der Waals surface area contributed by atoms with E-state index >= 15 is 0 Å². The lowest BCUT2D eigenvalue weighted by atomic mass is 9.49. The molecule has 0 aromatic carbocycles. The maximum Gasteiger partial charge on any atom is 0.223 e. The first-order valence-electron chi connectivity index (χ1n) is 12.6. The van der Waals surface area contributed by atoms with Crippen molar-refractivity contribution in [1.29, 1.82) is 0 Å². The van der Waals surface area contributed by atoms with Gasteiger partial charge < -0.3 is 20.6 Å². The molecule has 3 fully saturated rings. The molecule has 0 bridgehead atoms. The molecule has 0 heterocycles. The van der Waals surface area contributed by atoms with Crippen LogP contribution in [0.3, 0.4) is 0 Å². The van der Waals surface area contributed by atoms with E-state index in [1.54, 1.807) is 13.8 Å². The van der Waals surface area contributed by atoms with Gasteiger partial charge in [-0.05, 0) is 76.0 Å². The highest BCUT2D eigenvalue weighted by molar-refractivity contribution is 5.79. The molecule has 0 unspecified atom stereocenters. The summed E-state index contributed by atoms with van der Waals surface area (Å²) in [5.74, 6) is 0.993. The van der Waals surface area contributed by atoms with Crippen LogP contribution in [0.1, 0.15) is 80.1 Å². The highest BCUT2D eigenvalue weighted by atomic mass is 16.3. The number of hydrogen-bond acceptors (Lipinski definition) is 4. The maximum atomic E-state index is 13.1. The highest BCUT2D eigenvalue weighted by Gasteiger charge is 2.59. The van der Waals surface area contributed by atoms with Gasteiger partial charge in [-0.1, -0.05) is 44.1 Å². The second-order valence-corrected chi connectivity index (χ2v) is 12.3. The molecule has 32 heavy (non-hydrogen) atoms. The van der Waals surface area contributed by atoms with Gasteiger partial charge in [-0.15, -0.1) is 0 Å². The lowest BCUT2D eigenvalue weighted by Crippen LogP contribution is -2.53. The quantitative estimate of drug-likeness (QED) is 0.531. The minimum Gasteiger partial charge on any atom is -0.393 e. The van der Waals surface area contributed by atoms with Crippen LogP contribution in [0.4, 0.5) is 0 Å². The second-order valence-electron chi connectivity index (χ2n) is 12.3. The summed E-state index contributed by atoms with van der Waals surface area (Å²) in [5.41, 5.74) is 1.49. The third-order valence-electron chi connectivity index (χ3n) is 10.2. The molecule has 5 nitrogen and oxygen atoms in total. The fourth-order valence-corrected chi connectivity index (χ4v) is 7.61. The smallest absolute Gasteiger partial charge is 0.223 e. The number of nitrogens with one attached hydrogen (secondary N) is 1. The molecule has 4 N–H and O–H groups in total. The Balaban J connectivity index is 1.57. The fraction of sp³-hybridized carbons (Fsp3) is 0.815. The van der Waals surface area contributed by atoms with Gasteiger partial charge in [-0.25, -0.2) is 0 Å².